The summed E-state index contributed by atoms with van der Waals surface area (Å²) in [7, 11) is 0. The van der Waals surface area contributed by atoms with Crippen molar-refractivity contribution >= 4 is 11.8 Å². The summed E-state index contributed by atoms with van der Waals surface area (Å²) in [6.07, 6.45) is -1.63. The van der Waals surface area contributed by atoms with Gasteiger partial charge in [0.2, 0.25) is 0 Å². The SMILES string of the molecule is CSc1ccc(-c2cnn(CC(F)(F)F)c(=O)c2O)cc1. The van der Waals surface area contributed by atoms with Crippen LogP contribution < -0.4 is 5.56 Å². The van der Waals surface area contributed by atoms with Crippen LogP contribution in [0.1, 0.15) is 0 Å². The maximum atomic E-state index is 12.3. The molecule has 4 nitrogen and oxygen atoms in total. The van der Waals surface area contributed by atoms with E-state index in [-0.39, 0.29) is 10.2 Å². The summed E-state index contributed by atoms with van der Waals surface area (Å²) < 4.78 is 37.0. The third kappa shape index (κ3) is 3.57. The van der Waals surface area contributed by atoms with Crippen LogP contribution in [0.25, 0.3) is 11.1 Å². The Bertz CT molecular complexity index is 696. The molecule has 1 aromatic heterocycles. The van der Waals surface area contributed by atoms with Crippen LogP contribution in [0.4, 0.5) is 13.2 Å². The maximum absolute atomic E-state index is 12.3. The van der Waals surface area contributed by atoms with Crippen molar-refractivity contribution in [2.24, 2.45) is 0 Å². The van der Waals surface area contributed by atoms with Crippen LogP contribution in [0, 0.1) is 0 Å². The number of rotatable bonds is 3. The van der Waals surface area contributed by atoms with E-state index in [0.717, 1.165) is 11.1 Å². The molecule has 112 valence electrons. The zero-order valence-electron chi connectivity index (χ0n) is 10.9. The second-order valence-corrected chi connectivity index (χ2v) is 5.09. The second-order valence-electron chi connectivity index (χ2n) is 4.21. The number of thioether (sulfide) groups is 1. The summed E-state index contributed by atoms with van der Waals surface area (Å²) in [5.41, 5.74) is -0.557. The Morgan fingerprint density at radius 1 is 1.29 bits per heavy atom. The van der Waals surface area contributed by atoms with Gasteiger partial charge in [-0.2, -0.15) is 18.3 Å². The summed E-state index contributed by atoms with van der Waals surface area (Å²) in [6, 6.07) is 6.88. The van der Waals surface area contributed by atoms with Crippen LogP contribution >= 0.6 is 11.8 Å². The van der Waals surface area contributed by atoms with Crippen molar-refractivity contribution in [1.82, 2.24) is 9.78 Å². The summed E-state index contributed by atoms with van der Waals surface area (Å²) in [5, 5.41) is 13.3. The lowest BCUT2D eigenvalue weighted by atomic mass is 10.1. The Morgan fingerprint density at radius 2 is 1.90 bits per heavy atom. The van der Waals surface area contributed by atoms with Crippen molar-refractivity contribution < 1.29 is 18.3 Å². The first kappa shape index (κ1) is 15.4. The molecule has 1 N–H and O–H groups in total. The lowest BCUT2D eigenvalue weighted by Gasteiger charge is -2.10. The highest BCUT2D eigenvalue weighted by atomic mass is 32.2. The number of alkyl halides is 3. The molecule has 0 amide bonds. The van der Waals surface area contributed by atoms with Crippen molar-refractivity contribution in [2.75, 3.05) is 6.26 Å². The molecule has 0 bridgehead atoms. The van der Waals surface area contributed by atoms with Gasteiger partial charge in [-0.1, -0.05) is 12.1 Å². The minimum absolute atomic E-state index is 0.103. The Hall–Kier alpha value is -1.96. The summed E-state index contributed by atoms with van der Waals surface area (Å²) >= 11 is 1.52. The lowest BCUT2D eigenvalue weighted by Crippen LogP contribution is -2.30. The Morgan fingerprint density at radius 3 is 2.43 bits per heavy atom. The molecular formula is C13H11F3N2O2S. The molecule has 0 fully saturated rings. The quantitative estimate of drug-likeness (QED) is 0.885. The highest BCUT2D eigenvalue weighted by Crippen LogP contribution is 2.27. The van der Waals surface area contributed by atoms with Gasteiger partial charge in [0.1, 0.15) is 6.54 Å². The van der Waals surface area contributed by atoms with Gasteiger partial charge in [0.05, 0.1) is 6.20 Å². The van der Waals surface area contributed by atoms with E-state index < -0.39 is 24.0 Å². The zero-order valence-corrected chi connectivity index (χ0v) is 11.7. The minimum Gasteiger partial charge on any atom is -0.503 e. The van der Waals surface area contributed by atoms with Gasteiger partial charge in [0.15, 0.2) is 5.75 Å². The molecule has 0 unspecified atom stereocenters. The smallest absolute Gasteiger partial charge is 0.408 e. The predicted octanol–water partition coefficient (Wildman–Crippen LogP) is 2.90. The first-order valence-electron chi connectivity index (χ1n) is 5.82. The maximum Gasteiger partial charge on any atom is 0.408 e. The summed E-state index contributed by atoms with van der Waals surface area (Å²) in [5.74, 6) is -0.744. The fourth-order valence-electron chi connectivity index (χ4n) is 1.74. The molecule has 0 saturated carbocycles. The van der Waals surface area contributed by atoms with Crippen LogP contribution in [0.5, 0.6) is 5.75 Å². The largest absolute Gasteiger partial charge is 0.503 e. The number of aromatic hydroxyl groups is 1. The Balaban J connectivity index is 2.42. The fourth-order valence-corrected chi connectivity index (χ4v) is 2.15. The molecule has 0 saturated heterocycles. The fraction of sp³-hybridized carbons (Fsp3) is 0.231. The van der Waals surface area contributed by atoms with Gasteiger partial charge in [0.25, 0.3) is 0 Å². The molecule has 0 aliphatic carbocycles. The molecule has 0 aliphatic rings. The lowest BCUT2D eigenvalue weighted by molar-refractivity contribution is -0.143. The third-order valence-corrected chi connectivity index (χ3v) is 3.49. The number of hydrogen-bond donors (Lipinski definition) is 1. The first-order chi connectivity index (χ1) is 9.81. The van der Waals surface area contributed by atoms with Gasteiger partial charge in [-0.25, -0.2) is 4.68 Å². The number of benzene rings is 1. The van der Waals surface area contributed by atoms with Crippen LogP contribution in [0.3, 0.4) is 0 Å². The average molecular weight is 316 g/mol. The van der Waals surface area contributed by atoms with E-state index in [1.807, 2.05) is 6.26 Å². The highest BCUT2D eigenvalue weighted by molar-refractivity contribution is 7.98. The van der Waals surface area contributed by atoms with E-state index in [9.17, 15) is 23.1 Å². The van der Waals surface area contributed by atoms with Crippen molar-refractivity contribution in [2.45, 2.75) is 17.6 Å². The van der Waals surface area contributed by atoms with Crippen LogP contribution in [-0.2, 0) is 6.54 Å². The van der Waals surface area contributed by atoms with Gasteiger partial charge in [-0.15, -0.1) is 11.8 Å². The zero-order chi connectivity index (χ0) is 15.6. The second kappa shape index (κ2) is 5.80. The number of halogens is 3. The molecule has 1 aromatic carbocycles. The molecule has 2 rings (SSSR count). The van der Waals surface area contributed by atoms with E-state index >= 15 is 0 Å². The van der Waals surface area contributed by atoms with Gasteiger partial charge in [0, 0.05) is 10.5 Å². The minimum atomic E-state index is -4.58. The first-order valence-corrected chi connectivity index (χ1v) is 7.04. The van der Waals surface area contributed by atoms with Gasteiger partial charge in [-0.05, 0) is 24.0 Å². The molecule has 0 aliphatic heterocycles. The Labute approximate surface area is 122 Å². The number of nitrogens with zero attached hydrogens (tertiary/aromatic N) is 2. The van der Waals surface area contributed by atoms with Crippen LogP contribution in [0.2, 0.25) is 0 Å². The molecule has 8 heteroatoms. The number of aromatic nitrogens is 2. The third-order valence-electron chi connectivity index (χ3n) is 2.75. The van der Waals surface area contributed by atoms with Crippen molar-refractivity contribution in [1.29, 1.82) is 0 Å². The van der Waals surface area contributed by atoms with Gasteiger partial charge in [-0.3, -0.25) is 4.79 Å². The van der Waals surface area contributed by atoms with Crippen LogP contribution in [-0.4, -0.2) is 27.3 Å². The summed E-state index contributed by atoms with van der Waals surface area (Å²) in [6.45, 7) is -1.54. The van der Waals surface area contributed by atoms with Crippen LogP contribution in [0.15, 0.2) is 40.2 Å². The predicted molar refractivity (Wildman–Crippen MR) is 73.4 cm³/mol. The topological polar surface area (TPSA) is 55.1 Å². The molecule has 0 atom stereocenters. The molecule has 1 heterocycles. The molecule has 2 aromatic rings. The standard InChI is InChI=1S/C13H11F3N2O2S/c1-21-9-4-2-8(3-5-9)10-6-17-18(7-13(14,15)16)12(20)11(10)19/h2-6,19H,7H2,1H3. The van der Waals surface area contributed by atoms with E-state index in [1.165, 1.54) is 11.8 Å². The molecule has 21 heavy (non-hydrogen) atoms. The van der Waals surface area contributed by atoms with Crippen molar-refractivity contribution in [3.63, 3.8) is 0 Å². The highest BCUT2D eigenvalue weighted by Gasteiger charge is 2.30. The van der Waals surface area contributed by atoms with Crippen molar-refractivity contribution in [3.05, 3.63) is 40.8 Å². The monoisotopic (exact) mass is 316 g/mol. The Kier molecular flexibility index (Phi) is 4.26. The van der Waals surface area contributed by atoms with Crippen molar-refractivity contribution in [3.8, 4) is 16.9 Å². The van der Waals surface area contributed by atoms with E-state index in [0.29, 0.717) is 5.56 Å². The normalized spacial score (nSPS) is 11.6. The molecule has 0 radical (unpaired) electrons. The molecule has 0 spiro atoms. The van der Waals surface area contributed by atoms with Gasteiger partial charge >= 0.3 is 11.7 Å². The summed E-state index contributed by atoms with van der Waals surface area (Å²) in [4.78, 5) is 12.7. The van der Waals surface area contributed by atoms with E-state index in [1.54, 1.807) is 24.3 Å². The van der Waals surface area contributed by atoms with E-state index in [4.69, 9.17) is 0 Å². The van der Waals surface area contributed by atoms with Gasteiger partial charge < -0.3 is 5.11 Å². The average Bonchev–Trinajstić information content (AvgIpc) is 2.43. The van der Waals surface area contributed by atoms with E-state index in [2.05, 4.69) is 5.10 Å². The number of hydrogen-bond acceptors (Lipinski definition) is 4. The molecular weight excluding hydrogens is 305 g/mol.